The Hall–Kier alpha value is -1.73. The lowest BCUT2D eigenvalue weighted by molar-refractivity contribution is -0.174. The van der Waals surface area contributed by atoms with Crippen LogP contribution in [-0.2, 0) is 19.1 Å². The molecule has 0 radical (unpaired) electrons. The maximum absolute atomic E-state index is 11.6. The second kappa shape index (κ2) is 7.57. The normalized spacial score (nSPS) is 13.3. The van der Waals surface area contributed by atoms with Crippen LogP contribution < -0.4 is 11.1 Å². The van der Waals surface area contributed by atoms with Gasteiger partial charge in [-0.2, -0.15) is 0 Å². The molecule has 0 saturated carbocycles. The first-order valence-corrected chi connectivity index (χ1v) is 5.49. The Labute approximate surface area is 105 Å². The number of hydrogen-bond acceptors (Lipinski definition) is 6. The number of esters is 1. The number of carbonyl (C=O) groups is 3. The van der Waals surface area contributed by atoms with Crippen molar-refractivity contribution in [1.82, 2.24) is 5.32 Å². The van der Waals surface area contributed by atoms with Gasteiger partial charge < -0.3 is 20.9 Å². The molecule has 7 heteroatoms. The molecule has 0 aromatic rings. The van der Waals surface area contributed by atoms with E-state index >= 15 is 0 Å². The standard InChI is InChI=1S/C11H18N2O5/c1-3-5-6-18-10(16)11(17,8(14)4-2)13-9(15)7-12/h4,17H,2-3,5-7,12H2,1H3,(H,13,15). The van der Waals surface area contributed by atoms with E-state index in [2.05, 4.69) is 6.58 Å². The third kappa shape index (κ3) is 4.27. The molecule has 1 atom stereocenters. The molecule has 1 unspecified atom stereocenters. The molecule has 1 amide bonds. The third-order valence-corrected chi connectivity index (χ3v) is 2.07. The highest BCUT2D eigenvalue weighted by Crippen LogP contribution is 2.07. The van der Waals surface area contributed by atoms with E-state index in [4.69, 9.17) is 10.5 Å². The van der Waals surface area contributed by atoms with Gasteiger partial charge in [0.15, 0.2) is 0 Å². The molecule has 102 valence electrons. The molecule has 0 fully saturated rings. The fourth-order valence-corrected chi connectivity index (χ4v) is 1.03. The van der Waals surface area contributed by atoms with Gasteiger partial charge in [0.05, 0.1) is 13.2 Å². The number of rotatable bonds is 8. The second-order valence-corrected chi connectivity index (χ2v) is 3.52. The number of ketones is 1. The third-order valence-electron chi connectivity index (χ3n) is 2.07. The average molecular weight is 258 g/mol. The highest BCUT2D eigenvalue weighted by molar-refractivity contribution is 6.13. The van der Waals surface area contributed by atoms with Gasteiger partial charge in [-0.05, 0) is 12.5 Å². The number of aliphatic hydroxyl groups is 1. The molecule has 0 aliphatic carbocycles. The molecule has 0 bridgehead atoms. The summed E-state index contributed by atoms with van der Waals surface area (Å²) in [4.78, 5) is 34.1. The number of nitrogens with two attached hydrogens (primary N) is 1. The van der Waals surface area contributed by atoms with Crippen LogP contribution in [0.3, 0.4) is 0 Å². The van der Waals surface area contributed by atoms with E-state index in [1.54, 1.807) is 0 Å². The first kappa shape index (κ1) is 16.3. The minimum Gasteiger partial charge on any atom is -0.462 e. The summed E-state index contributed by atoms with van der Waals surface area (Å²) in [6, 6.07) is 0. The van der Waals surface area contributed by atoms with Crippen LogP contribution >= 0.6 is 0 Å². The van der Waals surface area contributed by atoms with Gasteiger partial charge in [-0.3, -0.25) is 9.59 Å². The van der Waals surface area contributed by atoms with E-state index in [0.29, 0.717) is 6.42 Å². The molecule has 0 spiro atoms. The molecular formula is C11H18N2O5. The van der Waals surface area contributed by atoms with E-state index in [1.165, 1.54) is 0 Å². The molecule has 0 saturated heterocycles. The van der Waals surface area contributed by atoms with Crippen LogP contribution in [-0.4, -0.2) is 41.6 Å². The van der Waals surface area contributed by atoms with Gasteiger partial charge in [0, 0.05) is 0 Å². The van der Waals surface area contributed by atoms with Crippen molar-refractivity contribution in [3.8, 4) is 0 Å². The van der Waals surface area contributed by atoms with Crippen LogP contribution in [0.2, 0.25) is 0 Å². The van der Waals surface area contributed by atoms with Gasteiger partial charge in [0.25, 0.3) is 0 Å². The first-order chi connectivity index (χ1) is 8.42. The zero-order valence-corrected chi connectivity index (χ0v) is 10.3. The fraction of sp³-hybridized carbons (Fsp3) is 0.545. The summed E-state index contributed by atoms with van der Waals surface area (Å²) in [5.41, 5.74) is 2.27. The van der Waals surface area contributed by atoms with Crippen molar-refractivity contribution in [2.75, 3.05) is 13.2 Å². The summed E-state index contributed by atoms with van der Waals surface area (Å²) in [5, 5.41) is 11.7. The zero-order valence-electron chi connectivity index (χ0n) is 10.3. The molecule has 0 aliphatic heterocycles. The minimum atomic E-state index is -2.76. The van der Waals surface area contributed by atoms with Crippen LogP contribution in [0.25, 0.3) is 0 Å². The van der Waals surface area contributed by atoms with E-state index in [-0.39, 0.29) is 6.61 Å². The second-order valence-electron chi connectivity index (χ2n) is 3.52. The average Bonchev–Trinajstić information content (AvgIpc) is 2.37. The summed E-state index contributed by atoms with van der Waals surface area (Å²) in [7, 11) is 0. The lowest BCUT2D eigenvalue weighted by Crippen LogP contribution is -2.61. The van der Waals surface area contributed by atoms with E-state index in [9.17, 15) is 19.5 Å². The topological polar surface area (TPSA) is 119 Å². The Bertz CT molecular complexity index is 342. The number of hydrogen-bond donors (Lipinski definition) is 3. The summed E-state index contributed by atoms with van der Waals surface area (Å²) in [6.07, 6.45) is 2.07. The van der Waals surface area contributed by atoms with Crippen molar-refractivity contribution in [1.29, 1.82) is 0 Å². The van der Waals surface area contributed by atoms with Gasteiger partial charge in [0.2, 0.25) is 11.7 Å². The molecule has 0 rings (SSSR count). The van der Waals surface area contributed by atoms with Gasteiger partial charge in [0.1, 0.15) is 0 Å². The Morgan fingerprint density at radius 1 is 1.50 bits per heavy atom. The van der Waals surface area contributed by atoms with Crippen molar-refractivity contribution in [2.45, 2.75) is 25.5 Å². The molecule has 0 aromatic heterocycles. The Morgan fingerprint density at radius 3 is 2.56 bits per heavy atom. The maximum Gasteiger partial charge on any atom is 0.368 e. The smallest absolute Gasteiger partial charge is 0.368 e. The van der Waals surface area contributed by atoms with Crippen LogP contribution in [0, 0.1) is 0 Å². The first-order valence-electron chi connectivity index (χ1n) is 5.49. The Balaban J connectivity index is 4.85. The molecule has 7 nitrogen and oxygen atoms in total. The molecule has 0 aliphatic rings. The van der Waals surface area contributed by atoms with Crippen molar-refractivity contribution in [3.63, 3.8) is 0 Å². The molecule has 0 heterocycles. The number of nitrogens with one attached hydrogen (secondary N) is 1. The Morgan fingerprint density at radius 2 is 2.11 bits per heavy atom. The fourth-order valence-electron chi connectivity index (χ4n) is 1.03. The van der Waals surface area contributed by atoms with E-state index in [1.807, 2.05) is 12.2 Å². The van der Waals surface area contributed by atoms with Gasteiger partial charge >= 0.3 is 11.7 Å². The monoisotopic (exact) mass is 258 g/mol. The summed E-state index contributed by atoms with van der Waals surface area (Å²) in [6.45, 7) is 4.58. The SMILES string of the molecule is C=CC(=O)C(O)(NC(=O)CN)C(=O)OCCCC. The Kier molecular flexibility index (Phi) is 6.84. The van der Waals surface area contributed by atoms with Gasteiger partial charge in [-0.25, -0.2) is 4.79 Å². The van der Waals surface area contributed by atoms with Crippen molar-refractivity contribution in [2.24, 2.45) is 5.73 Å². The van der Waals surface area contributed by atoms with Crippen LogP contribution in [0.1, 0.15) is 19.8 Å². The van der Waals surface area contributed by atoms with Gasteiger partial charge in [-0.1, -0.05) is 19.9 Å². The predicted octanol–water partition coefficient (Wildman–Crippen LogP) is -1.15. The summed E-state index contributed by atoms with van der Waals surface area (Å²) >= 11 is 0. The lowest BCUT2D eigenvalue weighted by atomic mass is 10.1. The molecule has 0 aromatic carbocycles. The maximum atomic E-state index is 11.6. The van der Waals surface area contributed by atoms with E-state index in [0.717, 1.165) is 12.5 Å². The number of amides is 1. The molecule has 18 heavy (non-hydrogen) atoms. The van der Waals surface area contributed by atoms with Crippen molar-refractivity contribution in [3.05, 3.63) is 12.7 Å². The highest BCUT2D eigenvalue weighted by atomic mass is 16.6. The number of ether oxygens (including phenoxy) is 1. The van der Waals surface area contributed by atoms with Crippen LogP contribution in [0.4, 0.5) is 0 Å². The van der Waals surface area contributed by atoms with Crippen LogP contribution in [0.15, 0.2) is 12.7 Å². The largest absolute Gasteiger partial charge is 0.462 e. The number of unbranched alkanes of at least 4 members (excludes halogenated alkanes) is 1. The number of carbonyl (C=O) groups excluding carboxylic acids is 3. The molecular weight excluding hydrogens is 240 g/mol. The zero-order chi connectivity index (χ0) is 14.2. The van der Waals surface area contributed by atoms with Gasteiger partial charge in [-0.15, -0.1) is 0 Å². The predicted molar refractivity (Wildman–Crippen MR) is 63.2 cm³/mol. The lowest BCUT2D eigenvalue weighted by Gasteiger charge is -2.23. The summed E-state index contributed by atoms with van der Waals surface area (Å²) < 4.78 is 4.70. The van der Waals surface area contributed by atoms with Crippen molar-refractivity contribution < 1.29 is 24.2 Å². The minimum absolute atomic E-state index is 0.0422. The van der Waals surface area contributed by atoms with Crippen molar-refractivity contribution >= 4 is 17.7 Å². The quantitative estimate of drug-likeness (QED) is 0.166. The summed E-state index contributed by atoms with van der Waals surface area (Å²) in [5.74, 6) is -3.19. The molecule has 4 N–H and O–H groups in total. The van der Waals surface area contributed by atoms with Crippen LogP contribution in [0.5, 0.6) is 0 Å². The highest BCUT2D eigenvalue weighted by Gasteiger charge is 2.45. The van der Waals surface area contributed by atoms with E-state index < -0.39 is 29.9 Å².